The number of nitrogens with zero attached hydrogens (tertiary/aromatic N) is 1. The van der Waals surface area contributed by atoms with Gasteiger partial charge < -0.3 is 10.0 Å². The second kappa shape index (κ2) is 9.00. The first-order valence-corrected chi connectivity index (χ1v) is 9.23. The van der Waals surface area contributed by atoms with Crippen molar-refractivity contribution in [3.05, 3.63) is 95.6 Å². The fraction of sp³-hybridized carbons (Fsp3) is 0.167. The van der Waals surface area contributed by atoms with E-state index in [-0.39, 0.29) is 12.3 Å². The third kappa shape index (κ3) is 5.07. The van der Waals surface area contributed by atoms with E-state index in [2.05, 4.69) is 0 Å². The number of aliphatic carboxylic acids is 1. The number of hydrogen-bond acceptors (Lipinski definition) is 2. The summed E-state index contributed by atoms with van der Waals surface area (Å²) in [5.74, 6) is -0.821. The lowest BCUT2D eigenvalue weighted by Gasteiger charge is -2.18. The molecule has 0 saturated carbocycles. The largest absolute Gasteiger partial charge is 0.481 e. The maximum atomic E-state index is 12.8. The van der Waals surface area contributed by atoms with Crippen LogP contribution in [0.1, 0.15) is 27.9 Å². The van der Waals surface area contributed by atoms with Crippen molar-refractivity contribution >= 4 is 11.9 Å². The zero-order chi connectivity index (χ0) is 19.9. The summed E-state index contributed by atoms with van der Waals surface area (Å²) in [4.78, 5) is 25.2. The Morgan fingerprint density at radius 1 is 0.821 bits per heavy atom. The van der Waals surface area contributed by atoms with E-state index in [0.717, 1.165) is 22.3 Å². The van der Waals surface area contributed by atoms with Crippen molar-refractivity contribution < 1.29 is 14.7 Å². The molecule has 0 aliphatic carbocycles. The van der Waals surface area contributed by atoms with Crippen LogP contribution in [-0.2, 0) is 17.8 Å². The summed E-state index contributed by atoms with van der Waals surface area (Å²) in [5, 5.41) is 8.79. The lowest BCUT2D eigenvalue weighted by Crippen LogP contribution is -2.26. The van der Waals surface area contributed by atoms with Crippen molar-refractivity contribution in [2.24, 2.45) is 0 Å². The second-order valence-electron chi connectivity index (χ2n) is 6.82. The van der Waals surface area contributed by atoms with Gasteiger partial charge in [-0.05, 0) is 40.8 Å². The van der Waals surface area contributed by atoms with Crippen LogP contribution in [0.5, 0.6) is 0 Å². The highest BCUT2D eigenvalue weighted by Gasteiger charge is 2.13. The number of carboxylic acids is 1. The minimum absolute atomic E-state index is 0.0243. The number of aryl methyl sites for hydroxylation is 1. The minimum Gasteiger partial charge on any atom is -0.481 e. The van der Waals surface area contributed by atoms with E-state index >= 15 is 0 Å². The molecule has 0 aromatic heterocycles. The lowest BCUT2D eigenvalue weighted by atomic mass is 10.00. The summed E-state index contributed by atoms with van der Waals surface area (Å²) in [7, 11) is 1.80. The summed E-state index contributed by atoms with van der Waals surface area (Å²) >= 11 is 0. The molecule has 0 aliphatic rings. The smallest absolute Gasteiger partial charge is 0.303 e. The van der Waals surface area contributed by atoms with Crippen LogP contribution >= 0.6 is 0 Å². The van der Waals surface area contributed by atoms with E-state index < -0.39 is 5.97 Å². The molecular formula is C24H23NO3. The number of hydrogen-bond donors (Lipinski definition) is 1. The van der Waals surface area contributed by atoms with Gasteiger partial charge in [0.15, 0.2) is 0 Å². The number of carboxylic acid groups (broad SMARTS) is 1. The number of rotatable bonds is 7. The average Bonchev–Trinajstić information content (AvgIpc) is 2.73. The Kier molecular flexibility index (Phi) is 6.22. The van der Waals surface area contributed by atoms with Crippen molar-refractivity contribution in [2.45, 2.75) is 19.4 Å². The van der Waals surface area contributed by atoms with Crippen molar-refractivity contribution in [3.63, 3.8) is 0 Å². The van der Waals surface area contributed by atoms with Crippen molar-refractivity contribution in [2.75, 3.05) is 7.05 Å². The topological polar surface area (TPSA) is 57.6 Å². The highest BCUT2D eigenvalue weighted by molar-refractivity contribution is 5.95. The molecule has 142 valence electrons. The van der Waals surface area contributed by atoms with Crippen molar-refractivity contribution in [3.8, 4) is 11.1 Å². The van der Waals surface area contributed by atoms with E-state index in [1.54, 1.807) is 11.9 Å². The van der Waals surface area contributed by atoms with Gasteiger partial charge >= 0.3 is 5.97 Å². The quantitative estimate of drug-likeness (QED) is 0.656. The van der Waals surface area contributed by atoms with Gasteiger partial charge in [0.2, 0.25) is 0 Å². The van der Waals surface area contributed by atoms with Crippen molar-refractivity contribution in [1.82, 2.24) is 4.90 Å². The van der Waals surface area contributed by atoms with Crippen LogP contribution in [0.15, 0.2) is 78.9 Å². The Bertz CT molecular complexity index is 949. The van der Waals surface area contributed by atoms with Crippen LogP contribution in [-0.4, -0.2) is 28.9 Å². The molecule has 3 rings (SSSR count). The molecule has 1 N–H and O–H groups in total. The Hall–Kier alpha value is -3.40. The third-order valence-electron chi connectivity index (χ3n) is 4.63. The molecule has 0 atom stereocenters. The molecule has 0 fully saturated rings. The van der Waals surface area contributed by atoms with Crippen LogP contribution in [0.25, 0.3) is 11.1 Å². The molecule has 0 spiro atoms. The highest BCUT2D eigenvalue weighted by Crippen LogP contribution is 2.22. The van der Waals surface area contributed by atoms with Gasteiger partial charge in [-0.1, -0.05) is 66.7 Å². The number of amides is 1. The standard InChI is InChI=1S/C24H23NO3/c1-25(17-19-6-3-2-4-7-19)24(28)22-9-5-8-21(16-22)20-13-10-18(11-14-20)12-15-23(26)27/h2-11,13-14,16H,12,15,17H2,1H3,(H,26,27). The first-order valence-electron chi connectivity index (χ1n) is 9.23. The second-order valence-corrected chi connectivity index (χ2v) is 6.82. The van der Waals surface area contributed by atoms with Gasteiger partial charge in [-0.15, -0.1) is 0 Å². The molecule has 1 amide bonds. The molecule has 0 heterocycles. The van der Waals surface area contributed by atoms with E-state index in [0.29, 0.717) is 18.5 Å². The molecule has 0 unspecified atom stereocenters. The Morgan fingerprint density at radius 2 is 1.54 bits per heavy atom. The predicted molar refractivity (Wildman–Crippen MR) is 110 cm³/mol. The van der Waals surface area contributed by atoms with E-state index in [9.17, 15) is 9.59 Å². The molecule has 4 heteroatoms. The molecule has 3 aromatic rings. The molecule has 0 saturated heterocycles. The number of carbonyl (C=O) groups excluding carboxylic acids is 1. The molecule has 3 aromatic carbocycles. The SMILES string of the molecule is CN(Cc1ccccc1)C(=O)c1cccc(-c2ccc(CCC(=O)O)cc2)c1. The molecular weight excluding hydrogens is 350 g/mol. The first kappa shape index (κ1) is 19.4. The zero-order valence-electron chi connectivity index (χ0n) is 15.8. The van der Waals surface area contributed by atoms with Crippen LogP contribution < -0.4 is 0 Å². The van der Waals surface area contributed by atoms with Gasteiger partial charge in [0.05, 0.1) is 0 Å². The molecule has 0 aliphatic heterocycles. The summed E-state index contributed by atoms with van der Waals surface area (Å²) in [6.45, 7) is 0.558. The van der Waals surface area contributed by atoms with Crippen LogP contribution in [0.2, 0.25) is 0 Å². The van der Waals surface area contributed by atoms with Crippen molar-refractivity contribution in [1.29, 1.82) is 0 Å². The summed E-state index contributed by atoms with van der Waals surface area (Å²) in [6.07, 6.45) is 0.634. The zero-order valence-corrected chi connectivity index (χ0v) is 15.8. The molecule has 28 heavy (non-hydrogen) atoms. The van der Waals surface area contributed by atoms with E-state index in [1.165, 1.54) is 0 Å². The minimum atomic E-state index is -0.796. The van der Waals surface area contributed by atoms with Gasteiger partial charge in [0, 0.05) is 25.6 Å². The maximum Gasteiger partial charge on any atom is 0.303 e. The van der Waals surface area contributed by atoms with Crippen LogP contribution in [0.3, 0.4) is 0 Å². The van der Waals surface area contributed by atoms with Gasteiger partial charge in [0.25, 0.3) is 5.91 Å². The summed E-state index contributed by atoms with van der Waals surface area (Å²) < 4.78 is 0. The first-order chi connectivity index (χ1) is 13.5. The van der Waals surface area contributed by atoms with Crippen LogP contribution in [0, 0.1) is 0 Å². The highest BCUT2D eigenvalue weighted by atomic mass is 16.4. The number of carbonyl (C=O) groups is 2. The maximum absolute atomic E-state index is 12.8. The normalized spacial score (nSPS) is 10.5. The van der Waals surface area contributed by atoms with Gasteiger partial charge in [0.1, 0.15) is 0 Å². The van der Waals surface area contributed by atoms with E-state index in [4.69, 9.17) is 5.11 Å². The fourth-order valence-electron chi connectivity index (χ4n) is 3.10. The fourth-order valence-corrected chi connectivity index (χ4v) is 3.10. The summed E-state index contributed by atoms with van der Waals surface area (Å²) in [6, 6.07) is 25.3. The predicted octanol–water partition coefficient (Wildman–Crippen LogP) is 4.64. The van der Waals surface area contributed by atoms with Gasteiger partial charge in [-0.2, -0.15) is 0 Å². The summed E-state index contributed by atoms with van der Waals surface area (Å²) in [5.41, 5.74) is 4.68. The molecule has 0 bridgehead atoms. The number of benzene rings is 3. The lowest BCUT2D eigenvalue weighted by molar-refractivity contribution is -0.136. The average molecular weight is 373 g/mol. The molecule has 4 nitrogen and oxygen atoms in total. The monoisotopic (exact) mass is 373 g/mol. The van der Waals surface area contributed by atoms with E-state index in [1.807, 2.05) is 78.9 Å². The van der Waals surface area contributed by atoms with Gasteiger partial charge in [-0.25, -0.2) is 0 Å². The molecule has 0 radical (unpaired) electrons. The Balaban J connectivity index is 1.72. The Labute approximate surface area is 165 Å². The third-order valence-corrected chi connectivity index (χ3v) is 4.63. The van der Waals surface area contributed by atoms with Crippen LogP contribution in [0.4, 0.5) is 0 Å². The Morgan fingerprint density at radius 3 is 2.21 bits per heavy atom. The van der Waals surface area contributed by atoms with Gasteiger partial charge in [-0.3, -0.25) is 9.59 Å².